The summed E-state index contributed by atoms with van der Waals surface area (Å²) in [5.41, 5.74) is 0.874. The molecule has 17 heavy (non-hydrogen) atoms. The van der Waals surface area contributed by atoms with Gasteiger partial charge in [-0.1, -0.05) is 6.07 Å². The van der Waals surface area contributed by atoms with Gasteiger partial charge in [0.05, 0.1) is 19.5 Å². The van der Waals surface area contributed by atoms with E-state index in [9.17, 15) is 8.42 Å². The van der Waals surface area contributed by atoms with Gasteiger partial charge in [0.25, 0.3) is 0 Å². The van der Waals surface area contributed by atoms with E-state index in [1.165, 1.54) is 7.11 Å². The molecule has 0 saturated carbocycles. The highest BCUT2D eigenvalue weighted by Gasteiger charge is 2.19. The fourth-order valence-corrected chi connectivity index (χ4v) is 3.01. The van der Waals surface area contributed by atoms with Crippen LogP contribution in [0.5, 0.6) is 5.75 Å². The standard InChI is InChI=1S/C11H17NO4S/c1-9-4-5-10(15-2)11(8-9)17(13,14)7-3-6-16-12/h4-5,8H,3,6-7,12H2,1-2H3. The van der Waals surface area contributed by atoms with Crippen LogP contribution in [0.3, 0.4) is 0 Å². The summed E-state index contributed by atoms with van der Waals surface area (Å²) in [7, 11) is -1.91. The number of rotatable bonds is 6. The summed E-state index contributed by atoms with van der Waals surface area (Å²) in [5.74, 6) is 5.21. The molecule has 0 aliphatic carbocycles. The summed E-state index contributed by atoms with van der Waals surface area (Å²) >= 11 is 0. The minimum Gasteiger partial charge on any atom is -0.495 e. The van der Waals surface area contributed by atoms with Gasteiger partial charge in [0.1, 0.15) is 10.6 Å². The Hall–Kier alpha value is -1.11. The van der Waals surface area contributed by atoms with Crippen LogP contribution in [0, 0.1) is 6.92 Å². The zero-order valence-electron chi connectivity index (χ0n) is 9.97. The van der Waals surface area contributed by atoms with E-state index in [1.807, 2.05) is 6.92 Å². The summed E-state index contributed by atoms with van der Waals surface area (Å²) in [6.45, 7) is 2.05. The largest absolute Gasteiger partial charge is 0.495 e. The van der Waals surface area contributed by atoms with Crippen LogP contribution in [-0.4, -0.2) is 27.9 Å². The van der Waals surface area contributed by atoms with Crippen LogP contribution in [0.15, 0.2) is 23.1 Å². The van der Waals surface area contributed by atoms with Crippen LogP contribution >= 0.6 is 0 Å². The van der Waals surface area contributed by atoms with Crippen LogP contribution in [0.4, 0.5) is 0 Å². The van der Waals surface area contributed by atoms with Crippen molar-refractivity contribution in [2.45, 2.75) is 18.2 Å². The van der Waals surface area contributed by atoms with Gasteiger partial charge >= 0.3 is 0 Å². The maximum absolute atomic E-state index is 12.1. The molecule has 96 valence electrons. The molecule has 0 aliphatic heterocycles. The van der Waals surface area contributed by atoms with Crippen molar-refractivity contribution in [2.24, 2.45) is 5.90 Å². The molecular formula is C11H17NO4S. The zero-order chi connectivity index (χ0) is 12.9. The predicted molar refractivity (Wildman–Crippen MR) is 64.5 cm³/mol. The van der Waals surface area contributed by atoms with E-state index in [4.69, 9.17) is 10.6 Å². The number of ether oxygens (including phenoxy) is 1. The molecule has 1 aromatic rings. The molecule has 0 heterocycles. The third-order valence-electron chi connectivity index (χ3n) is 2.33. The van der Waals surface area contributed by atoms with Gasteiger partial charge in [-0.15, -0.1) is 0 Å². The van der Waals surface area contributed by atoms with Gasteiger partial charge in [0.15, 0.2) is 9.84 Å². The number of nitrogens with two attached hydrogens (primary N) is 1. The van der Waals surface area contributed by atoms with Crippen molar-refractivity contribution < 1.29 is 18.0 Å². The van der Waals surface area contributed by atoms with E-state index in [2.05, 4.69) is 4.84 Å². The second-order valence-electron chi connectivity index (χ2n) is 3.70. The minimum atomic E-state index is -3.36. The van der Waals surface area contributed by atoms with E-state index < -0.39 is 9.84 Å². The molecule has 1 aromatic carbocycles. The number of methoxy groups -OCH3 is 1. The summed E-state index contributed by atoms with van der Waals surface area (Å²) in [4.78, 5) is 4.58. The van der Waals surface area contributed by atoms with E-state index in [-0.39, 0.29) is 17.3 Å². The number of sulfone groups is 1. The highest BCUT2D eigenvalue weighted by Crippen LogP contribution is 2.26. The molecule has 0 amide bonds. The Balaban J connectivity index is 3.00. The first-order chi connectivity index (χ1) is 8.01. The Kier molecular flexibility index (Phi) is 4.92. The molecule has 0 bridgehead atoms. The third kappa shape index (κ3) is 3.69. The Morgan fingerprint density at radius 1 is 1.35 bits per heavy atom. The average molecular weight is 259 g/mol. The third-order valence-corrected chi connectivity index (χ3v) is 4.14. The van der Waals surface area contributed by atoms with Gasteiger partial charge in [0, 0.05) is 0 Å². The van der Waals surface area contributed by atoms with Gasteiger partial charge in [-0.2, -0.15) is 0 Å². The monoisotopic (exact) mass is 259 g/mol. The maximum Gasteiger partial charge on any atom is 0.182 e. The van der Waals surface area contributed by atoms with Crippen LogP contribution in [0.25, 0.3) is 0 Å². The smallest absolute Gasteiger partial charge is 0.182 e. The van der Waals surface area contributed by atoms with Crippen molar-refractivity contribution in [2.75, 3.05) is 19.5 Å². The number of benzene rings is 1. The molecular weight excluding hydrogens is 242 g/mol. The Morgan fingerprint density at radius 2 is 2.06 bits per heavy atom. The van der Waals surface area contributed by atoms with Crippen molar-refractivity contribution in [1.29, 1.82) is 0 Å². The molecule has 0 radical (unpaired) electrons. The highest BCUT2D eigenvalue weighted by atomic mass is 32.2. The Morgan fingerprint density at radius 3 is 2.65 bits per heavy atom. The van der Waals surface area contributed by atoms with Gasteiger partial charge < -0.3 is 9.57 Å². The van der Waals surface area contributed by atoms with Crippen molar-refractivity contribution >= 4 is 9.84 Å². The van der Waals surface area contributed by atoms with Gasteiger partial charge in [-0.05, 0) is 31.0 Å². The fourth-order valence-electron chi connectivity index (χ4n) is 1.47. The lowest BCUT2D eigenvalue weighted by atomic mass is 10.2. The molecule has 6 heteroatoms. The molecule has 5 nitrogen and oxygen atoms in total. The molecule has 0 saturated heterocycles. The average Bonchev–Trinajstić information content (AvgIpc) is 2.29. The van der Waals surface area contributed by atoms with Gasteiger partial charge in [0.2, 0.25) is 0 Å². The minimum absolute atomic E-state index is 0.00991. The van der Waals surface area contributed by atoms with Gasteiger partial charge in [-0.25, -0.2) is 14.3 Å². The molecule has 1 rings (SSSR count). The summed E-state index contributed by atoms with van der Waals surface area (Å²) in [5, 5.41) is 0. The van der Waals surface area contributed by atoms with E-state index in [0.717, 1.165) is 5.56 Å². The van der Waals surface area contributed by atoms with Crippen molar-refractivity contribution in [3.8, 4) is 5.75 Å². The quantitative estimate of drug-likeness (QED) is 0.610. The molecule has 0 spiro atoms. The topological polar surface area (TPSA) is 78.6 Å². The fraction of sp³-hybridized carbons (Fsp3) is 0.455. The normalized spacial score (nSPS) is 11.5. The number of hydrogen-bond acceptors (Lipinski definition) is 5. The Labute approximate surface area is 101 Å². The summed E-state index contributed by atoms with van der Waals surface area (Å²) in [6, 6.07) is 5.07. The molecule has 0 unspecified atom stereocenters. The maximum atomic E-state index is 12.1. The second kappa shape index (κ2) is 6.00. The summed E-state index contributed by atoms with van der Waals surface area (Å²) in [6.07, 6.45) is 0.357. The number of aryl methyl sites for hydroxylation is 1. The zero-order valence-corrected chi connectivity index (χ0v) is 10.8. The van der Waals surface area contributed by atoms with Gasteiger partial charge in [-0.3, -0.25) is 0 Å². The van der Waals surface area contributed by atoms with Crippen LogP contribution < -0.4 is 10.6 Å². The lowest BCUT2D eigenvalue weighted by molar-refractivity contribution is 0.139. The van der Waals surface area contributed by atoms with Crippen molar-refractivity contribution in [1.82, 2.24) is 0 Å². The van der Waals surface area contributed by atoms with E-state index in [0.29, 0.717) is 12.2 Å². The molecule has 2 N–H and O–H groups in total. The second-order valence-corrected chi connectivity index (χ2v) is 5.78. The van der Waals surface area contributed by atoms with Crippen molar-refractivity contribution in [3.05, 3.63) is 23.8 Å². The van der Waals surface area contributed by atoms with Crippen LogP contribution in [-0.2, 0) is 14.7 Å². The van der Waals surface area contributed by atoms with Crippen LogP contribution in [0.2, 0.25) is 0 Å². The van der Waals surface area contributed by atoms with Crippen LogP contribution in [0.1, 0.15) is 12.0 Å². The molecule has 0 aromatic heterocycles. The molecule has 0 atom stereocenters. The predicted octanol–water partition coefficient (Wildman–Crippen LogP) is 1.06. The first-order valence-corrected chi connectivity index (χ1v) is 6.85. The van der Waals surface area contributed by atoms with E-state index >= 15 is 0 Å². The number of hydrogen-bond donors (Lipinski definition) is 1. The van der Waals surface area contributed by atoms with Crippen molar-refractivity contribution in [3.63, 3.8) is 0 Å². The Bertz CT molecular complexity index is 470. The lowest BCUT2D eigenvalue weighted by Gasteiger charge is -2.10. The first kappa shape index (κ1) is 14.0. The lowest BCUT2D eigenvalue weighted by Crippen LogP contribution is -2.12. The molecule has 0 aliphatic rings. The highest BCUT2D eigenvalue weighted by molar-refractivity contribution is 7.91. The SMILES string of the molecule is COc1ccc(C)cc1S(=O)(=O)CCCON. The molecule has 0 fully saturated rings. The summed E-state index contributed by atoms with van der Waals surface area (Å²) < 4.78 is 29.2. The van der Waals surface area contributed by atoms with E-state index in [1.54, 1.807) is 18.2 Å². The first-order valence-electron chi connectivity index (χ1n) is 5.20.